The summed E-state index contributed by atoms with van der Waals surface area (Å²) >= 11 is 5.25. The molecule has 0 aliphatic heterocycles. The largest absolute Gasteiger partial charge is 0.315 e. The van der Waals surface area contributed by atoms with Crippen LogP contribution in [-0.2, 0) is 7.05 Å². The number of nitrogens with one attached hydrogen (secondary N) is 1. The van der Waals surface area contributed by atoms with Gasteiger partial charge in [-0.15, -0.1) is 0 Å². The Kier molecular flexibility index (Phi) is 3.71. The Bertz CT molecular complexity index is 710. The fourth-order valence-corrected chi connectivity index (χ4v) is 2.30. The van der Waals surface area contributed by atoms with Crippen LogP contribution in [0.25, 0.3) is 11.4 Å². The summed E-state index contributed by atoms with van der Waals surface area (Å²) in [5, 5.41) is 7.00. The smallest absolute Gasteiger partial charge is 0.261 e. The number of pyridine rings is 1. The first kappa shape index (κ1) is 13.7. The van der Waals surface area contributed by atoms with Gasteiger partial charge >= 0.3 is 0 Å². The molecule has 6 heteroatoms. The van der Waals surface area contributed by atoms with Crippen LogP contribution in [0.5, 0.6) is 0 Å². The zero-order chi connectivity index (χ0) is 14.2. The monoisotopic (exact) mass is 278 g/mol. The van der Waals surface area contributed by atoms with E-state index in [9.17, 15) is 4.79 Å². The predicted molar refractivity (Wildman–Crippen MR) is 77.8 cm³/mol. The molecule has 1 atom stereocenters. The average molecular weight is 278 g/mol. The summed E-state index contributed by atoms with van der Waals surface area (Å²) in [4.78, 5) is 12.3. The molecule has 0 spiro atoms. The van der Waals surface area contributed by atoms with Crippen LogP contribution in [0.4, 0.5) is 0 Å². The molecule has 2 heterocycles. The van der Waals surface area contributed by atoms with Crippen molar-refractivity contribution in [3.8, 4) is 11.4 Å². The molecule has 2 aromatic heterocycles. The van der Waals surface area contributed by atoms with Gasteiger partial charge < -0.3 is 4.57 Å². The second-order valence-electron chi connectivity index (χ2n) is 4.73. The summed E-state index contributed by atoms with van der Waals surface area (Å²) in [7, 11) is 1.76. The fourth-order valence-electron chi connectivity index (χ4n) is 1.98. The third-order valence-electron chi connectivity index (χ3n) is 3.53. The van der Waals surface area contributed by atoms with E-state index in [0.717, 1.165) is 12.1 Å². The molecule has 0 saturated carbocycles. The maximum atomic E-state index is 12.3. The van der Waals surface area contributed by atoms with Gasteiger partial charge in [-0.2, -0.15) is 5.10 Å². The maximum absolute atomic E-state index is 12.3. The molecular weight excluding hydrogens is 260 g/mol. The minimum absolute atomic E-state index is 0.0569. The van der Waals surface area contributed by atoms with E-state index in [2.05, 4.69) is 24.0 Å². The van der Waals surface area contributed by atoms with Gasteiger partial charge in [-0.05, 0) is 44.6 Å². The van der Waals surface area contributed by atoms with Crippen LogP contribution < -0.4 is 5.56 Å². The van der Waals surface area contributed by atoms with Crippen molar-refractivity contribution in [2.24, 2.45) is 7.05 Å². The highest BCUT2D eigenvalue weighted by molar-refractivity contribution is 7.71. The third kappa shape index (κ3) is 2.28. The van der Waals surface area contributed by atoms with Gasteiger partial charge in [-0.1, -0.05) is 6.92 Å². The Morgan fingerprint density at radius 1 is 1.47 bits per heavy atom. The number of H-pyrrole nitrogens is 1. The Morgan fingerprint density at radius 2 is 2.16 bits per heavy atom. The topological polar surface area (TPSA) is 55.6 Å². The molecule has 0 aromatic carbocycles. The lowest BCUT2D eigenvalue weighted by Crippen LogP contribution is -2.22. The lowest BCUT2D eigenvalue weighted by molar-refractivity contribution is 0.528. The summed E-state index contributed by atoms with van der Waals surface area (Å²) in [5.41, 5.74) is 1.43. The van der Waals surface area contributed by atoms with Crippen LogP contribution in [0.15, 0.2) is 16.9 Å². The maximum Gasteiger partial charge on any atom is 0.261 e. The molecule has 0 bridgehead atoms. The number of nitrogens with zero attached hydrogens (tertiary/aromatic N) is 3. The lowest BCUT2D eigenvalue weighted by atomic mass is 10.2. The minimum atomic E-state index is -0.0569. The minimum Gasteiger partial charge on any atom is -0.315 e. The summed E-state index contributed by atoms with van der Waals surface area (Å²) in [6.07, 6.45) is 0.924. The molecule has 2 aromatic rings. The molecule has 1 unspecified atom stereocenters. The summed E-state index contributed by atoms with van der Waals surface area (Å²) in [6.45, 7) is 6.04. The number of aromatic amines is 1. The molecular formula is C13H18N4OS. The Balaban J connectivity index is 2.71. The first-order chi connectivity index (χ1) is 8.97. The second-order valence-corrected chi connectivity index (χ2v) is 5.12. The molecule has 0 saturated heterocycles. The summed E-state index contributed by atoms with van der Waals surface area (Å²) in [5.74, 6) is 0.611. The van der Waals surface area contributed by atoms with Crippen molar-refractivity contribution in [3.63, 3.8) is 0 Å². The summed E-state index contributed by atoms with van der Waals surface area (Å²) in [6, 6.07) is 3.92. The van der Waals surface area contributed by atoms with Gasteiger partial charge in [-0.3, -0.25) is 14.5 Å². The Hall–Kier alpha value is -1.69. The molecule has 102 valence electrons. The predicted octanol–water partition coefficient (Wildman–Crippen LogP) is 2.59. The van der Waals surface area contributed by atoms with E-state index in [4.69, 9.17) is 12.2 Å². The molecule has 19 heavy (non-hydrogen) atoms. The Morgan fingerprint density at radius 3 is 2.79 bits per heavy atom. The van der Waals surface area contributed by atoms with Gasteiger partial charge in [0.2, 0.25) is 0 Å². The van der Waals surface area contributed by atoms with Gasteiger partial charge in [-0.25, -0.2) is 0 Å². The molecule has 0 fully saturated rings. The molecule has 0 aliphatic rings. The fraction of sp³-hybridized carbons (Fsp3) is 0.462. The van der Waals surface area contributed by atoms with E-state index in [1.54, 1.807) is 11.6 Å². The van der Waals surface area contributed by atoms with E-state index in [1.807, 2.05) is 23.6 Å². The first-order valence-electron chi connectivity index (χ1n) is 6.31. The molecule has 1 N–H and O–H groups in total. The number of hydrogen-bond acceptors (Lipinski definition) is 3. The first-order valence-corrected chi connectivity index (χ1v) is 6.72. The van der Waals surface area contributed by atoms with Crippen LogP contribution in [0.2, 0.25) is 0 Å². The van der Waals surface area contributed by atoms with Crippen molar-refractivity contribution in [1.82, 2.24) is 19.3 Å². The Labute approximate surface area is 116 Å². The van der Waals surface area contributed by atoms with Gasteiger partial charge in [0.1, 0.15) is 0 Å². The lowest BCUT2D eigenvalue weighted by Gasteiger charge is -2.13. The second kappa shape index (κ2) is 5.13. The van der Waals surface area contributed by atoms with E-state index >= 15 is 0 Å². The van der Waals surface area contributed by atoms with Crippen molar-refractivity contribution in [2.75, 3.05) is 0 Å². The van der Waals surface area contributed by atoms with Gasteiger partial charge in [0.15, 0.2) is 10.6 Å². The highest BCUT2D eigenvalue weighted by atomic mass is 32.1. The van der Waals surface area contributed by atoms with Crippen molar-refractivity contribution in [1.29, 1.82) is 0 Å². The van der Waals surface area contributed by atoms with E-state index < -0.39 is 0 Å². The van der Waals surface area contributed by atoms with Crippen molar-refractivity contribution >= 4 is 12.2 Å². The number of aromatic nitrogens is 4. The van der Waals surface area contributed by atoms with Crippen molar-refractivity contribution in [2.45, 2.75) is 33.2 Å². The van der Waals surface area contributed by atoms with Crippen molar-refractivity contribution < 1.29 is 0 Å². The summed E-state index contributed by atoms with van der Waals surface area (Å²) < 4.78 is 4.07. The van der Waals surface area contributed by atoms with E-state index in [-0.39, 0.29) is 11.6 Å². The zero-order valence-corrected chi connectivity index (χ0v) is 12.4. The van der Waals surface area contributed by atoms with Gasteiger partial charge in [0.05, 0.1) is 5.56 Å². The molecule has 0 radical (unpaired) electrons. The number of aryl methyl sites for hydroxylation is 1. The number of hydrogen-bond donors (Lipinski definition) is 1. The van der Waals surface area contributed by atoms with E-state index in [1.165, 1.54) is 0 Å². The third-order valence-corrected chi connectivity index (χ3v) is 3.82. The van der Waals surface area contributed by atoms with Crippen LogP contribution in [-0.4, -0.2) is 19.3 Å². The average Bonchev–Trinajstić information content (AvgIpc) is 2.77. The SMILES string of the molecule is CCC(C)n1c(-c2ccc(C)n(C)c2=O)n[nH]c1=S. The molecule has 2 rings (SSSR count). The van der Waals surface area contributed by atoms with Crippen LogP contribution in [0.1, 0.15) is 32.0 Å². The molecule has 5 nitrogen and oxygen atoms in total. The van der Waals surface area contributed by atoms with Crippen LogP contribution in [0.3, 0.4) is 0 Å². The quantitative estimate of drug-likeness (QED) is 0.878. The van der Waals surface area contributed by atoms with E-state index in [0.29, 0.717) is 16.2 Å². The highest BCUT2D eigenvalue weighted by Crippen LogP contribution is 2.20. The standard InChI is InChI=1S/C13H18N4OS/c1-5-8(2)17-11(14-15-13(17)19)10-7-6-9(3)16(4)12(10)18/h6-8H,5H2,1-4H3,(H,15,19). The normalized spacial score (nSPS) is 12.6. The van der Waals surface area contributed by atoms with Crippen molar-refractivity contribution in [3.05, 3.63) is 33.0 Å². The molecule has 0 amide bonds. The zero-order valence-electron chi connectivity index (χ0n) is 11.6. The highest BCUT2D eigenvalue weighted by Gasteiger charge is 2.16. The van der Waals surface area contributed by atoms with Crippen LogP contribution >= 0.6 is 12.2 Å². The van der Waals surface area contributed by atoms with Gasteiger partial charge in [0, 0.05) is 18.8 Å². The molecule has 0 aliphatic carbocycles. The number of rotatable bonds is 3. The van der Waals surface area contributed by atoms with Gasteiger partial charge in [0.25, 0.3) is 5.56 Å². The van der Waals surface area contributed by atoms with Crippen LogP contribution in [0, 0.1) is 11.7 Å².